The van der Waals surface area contributed by atoms with Crippen LogP contribution in [-0.4, -0.2) is 16.6 Å². The van der Waals surface area contributed by atoms with Gasteiger partial charge in [0.05, 0.1) is 17.0 Å². The molecule has 1 fully saturated rings. The summed E-state index contributed by atoms with van der Waals surface area (Å²) in [7, 11) is 0. The summed E-state index contributed by atoms with van der Waals surface area (Å²) in [5, 5.41) is 10.7. The number of rotatable bonds is 3. The lowest BCUT2D eigenvalue weighted by molar-refractivity contribution is -0.117. The van der Waals surface area contributed by atoms with Crippen molar-refractivity contribution in [1.82, 2.24) is 0 Å². The minimum atomic E-state index is -0.156. The molecule has 0 aromatic heterocycles. The summed E-state index contributed by atoms with van der Waals surface area (Å²) in [5.74, 6) is 0.0862. The maximum absolute atomic E-state index is 12.8. The number of carbonyl (C=O) groups is 1. The quantitative estimate of drug-likeness (QED) is 0.588. The number of allylic oxidation sites excluding steroid dienone is 2. The van der Waals surface area contributed by atoms with Crippen LogP contribution in [0.4, 0.5) is 5.69 Å². The van der Waals surface area contributed by atoms with Crippen molar-refractivity contribution < 1.29 is 9.90 Å². The van der Waals surface area contributed by atoms with Gasteiger partial charge in [-0.1, -0.05) is 61.9 Å². The van der Waals surface area contributed by atoms with Crippen molar-refractivity contribution >= 4 is 17.2 Å². The van der Waals surface area contributed by atoms with Gasteiger partial charge in [0.25, 0.3) is 0 Å². The summed E-state index contributed by atoms with van der Waals surface area (Å²) < 4.78 is 0. The number of Topliss-reactive ketones (excluding diaryl/α,β-unsaturated/α-hetero) is 1. The number of aryl methyl sites for hydroxylation is 1. The van der Waals surface area contributed by atoms with Gasteiger partial charge in [0, 0.05) is 12.8 Å². The zero-order chi connectivity index (χ0) is 18.7. The fraction of sp³-hybridized carbons (Fsp3) is 0.304. The molecule has 2 aromatic carbocycles. The van der Waals surface area contributed by atoms with Crippen LogP contribution in [0.25, 0.3) is 0 Å². The van der Waals surface area contributed by atoms with E-state index in [-0.39, 0.29) is 17.0 Å². The van der Waals surface area contributed by atoms with Crippen LogP contribution >= 0.6 is 0 Å². The van der Waals surface area contributed by atoms with Gasteiger partial charge in [0.1, 0.15) is 5.76 Å². The van der Waals surface area contributed by atoms with E-state index < -0.39 is 0 Å². The van der Waals surface area contributed by atoms with Crippen LogP contribution < -0.4 is 0 Å². The van der Waals surface area contributed by atoms with Crippen molar-refractivity contribution in [3.05, 3.63) is 77.1 Å². The molecular formula is C23H25NO2. The molecule has 0 saturated heterocycles. The molecule has 0 heterocycles. The molecule has 0 amide bonds. The van der Waals surface area contributed by atoms with Crippen LogP contribution in [-0.2, 0) is 11.2 Å². The lowest BCUT2D eigenvalue weighted by Gasteiger charge is -2.31. The molecule has 2 aromatic rings. The number of aliphatic hydroxyl groups is 1. The van der Waals surface area contributed by atoms with Crippen LogP contribution in [0.15, 0.2) is 70.9 Å². The Bertz CT molecular complexity index is 859. The highest BCUT2D eigenvalue weighted by molar-refractivity contribution is 6.25. The van der Waals surface area contributed by atoms with Gasteiger partial charge in [-0.3, -0.25) is 9.79 Å². The summed E-state index contributed by atoms with van der Waals surface area (Å²) in [6.45, 7) is 6.17. The standard InChI is InChI=1S/C23H25NO2/c1-16-9-11-18(12-10-16)24-19-14-23(2,3)15-21(26)22(19)20(25)13-17-7-5-4-6-8-17/h4-12,25H,13-15H2,1-3H3/b22-20+,24-19?. The van der Waals surface area contributed by atoms with E-state index >= 15 is 0 Å². The van der Waals surface area contributed by atoms with E-state index in [9.17, 15) is 9.90 Å². The lowest BCUT2D eigenvalue weighted by Crippen LogP contribution is -2.32. The molecule has 1 aliphatic carbocycles. The molecular weight excluding hydrogens is 322 g/mol. The molecule has 3 nitrogen and oxygen atoms in total. The number of hydrogen-bond donors (Lipinski definition) is 1. The van der Waals surface area contributed by atoms with Gasteiger partial charge < -0.3 is 5.11 Å². The van der Waals surface area contributed by atoms with E-state index in [1.807, 2.05) is 61.5 Å². The minimum absolute atomic E-state index is 0.0273. The highest BCUT2D eigenvalue weighted by atomic mass is 16.3. The summed E-state index contributed by atoms with van der Waals surface area (Å²) >= 11 is 0. The number of nitrogens with zero attached hydrogens (tertiary/aromatic N) is 1. The molecule has 1 saturated carbocycles. The third-order valence-corrected chi connectivity index (χ3v) is 4.65. The molecule has 26 heavy (non-hydrogen) atoms. The Hall–Kier alpha value is -2.68. The Kier molecular flexibility index (Phi) is 5.08. The molecule has 1 aliphatic rings. The third-order valence-electron chi connectivity index (χ3n) is 4.65. The molecule has 0 aliphatic heterocycles. The number of aliphatic imine (C=N–C) groups is 1. The van der Waals surface area contributed by atoms with E-state index in [1.54, 1.807) is 0 Å². The first-order valence-corrected chi connectivity index (χ1v) is 8.98. The zero-order valence-corrected chi connectivity index (χ0v) is 15.6. The molecule has 0 atom stereocenters. The summed E-state index contributed by atoms with van der Waals surface area (Å²) in [5.41, 5.74) is 3.87. The second-order valence-electron chi connectivity index (χ2n) is 7.82. The topological polar surface area (TPSA) is 49.7 Å². The summed E-state index contributed by atoms with van der Waals surface area (Å²) in [4.78, 5) is 17.5. The van der Waals surface area contributed by atoms with Gasteiger partial charge >= 0.3 is 0 Å². The average Bonchev–Trinajstić information content (AvgIpc) is 2.56. The SMILES string of the molecule is Cc1ccc(N=C2CC(C)(C)CC(=O)/C2=C(/O)Cc2ccccc2)cc1. The first-order valence-electron chi connectivity index (χ1n) is 8.98. The van der Waals surface area contributed by atoms with E-state index in [4.69, 9.17) is 4.99 Å². The van der Waals surface area contributed by atoms with Crippen LogP contribution in [0, 0.1) is 12.3 Å². The molecule has 3 rings (SSSR count). The van der Waals surface area contributed by atoms with Crippen molar-refractivity contribution in [2.75, 3.05) is 0 Å². The Morgan fingerprint density at radius 1 is 1.04 bits per heavy atom. The predicted octanol–water partition coefficient (Wildman–Crippen LogP) is 5.51. The van der Waals surface area contributed by atoms with Gasteiger partial charge in [-0.2, -0.15) is 0 Å². The molecule has 0 radical (unpaired) electrons. The molecule has 0 bridgehead atoms. The maximum Gasteiger partial charge on any atom is 0.168 e. The normalized spacial score (nSPS) is 20.3. The molecule has 0 spiro atoms. The Balaban J connectivity index is 2.02. The monoisotopic (exact) mass is 347 g/mol. The van der Waals surface area contributed by atoms with Crippen molar-refractivity contribution in [1.29, 1.82) is 0 Å². The first kappa shape index (κ1) is 18.1. The lowest BCUT2D eigenvalue weighted by atomic mass is 9.73. The average molecular weight is 347 g/mol. The molecule has 0 unspecified atom stereocenters. The Morgan fingerprint density at radius 3 is 2.35 bits per heavy atom. The fourth-order valence-electron chi connectivity index (χ4n) is 3.36. The van der Waals surface area contributed by atoms with E-state index in [0.717, 1.165) is 16.8 Å². The van der Waals surface area contributed by atoms with E-state index in [2.05, 4.69) is 13.8 Å². The van der Waals surface area contributed by atoms with Gasteiger partial charge in [0.15, 0.2) is 5.78 Å². The van der Waals surface area contributed by atoms with Gasteiger partial charge in [-0.25, -0.2) is 0 Å². The third kappa shape index (κ3) is 4.29. The van der Waals surface area contributed by atoms with Crippen molar-refractivity contribution in [2.45, 2.75) is 40.0 Å². The number of ketones is 1. The number of hydrogen-bond acceptors (Lipinski definition) is 3. The largest absolute Gasteiger partial charge is 0.511 e. The number of aliphatic hydroxyl groups excluding tert-OH is 1. The van der Waals surface area contributed by atoms with Crippen molar-refractivity contribution in [2.24, 2.45) is 10.4 Å². The zero-order valence-electron chi connectivity index (χ0n) is 15.6. The second kappa shape index (κ2) is 7.28. The highest BCUT2D eigenvalue weighted by Crippen LogP contribution is 2.36. The van der Waals surface area contributed by atoms with Crippen LogP contribution in [0.3, 0.4) is 0 Å². The smallest absolute Gasteiger partial charge is 0.168 e. The first-order chi connectivity index (χ1) is 12.3. The Morgan fingerprint density at radius 2 is 1.69 bits per heavy atom. The predicted molar refractivity (Wildman–Crippen MR) is 106 cm³/mol. The molecule has 1 N–H and O–H groups in total. The fourth-order valence-corrected chi connectivity index (χ4v) is 3.36. The minimum Gasteiger partial charge on any atom is -0.511 e. The van der Waals surface area contributed by atoms with E-state index in [1.165, 1.54) is 0 Å². The van der Waals surface area contributed by atoms with Crippen molar-refractivity contribution in [3.8, 4) is 0 Å². The number of benzene rings is 2. The number of carbonyl (C=O) groups excluding carboxylic acids is 1. The van der Waals surface area contributed by atoms with Crippen molar-refractivity contribution in [3.63, 3.8) is 0 Å². The van der Waals surface area contributed by atoms with Crippen LogP contribution in [0.5, 0.6) is 0 Å². The van der Waals surface area contributed by atoms with Crippen LogP contribution in [0.2, 0.25) is 0 Å². The summed E-state index contributed by atoms with van der Waals surface area (Å²) in [6.07, 6.45) is 1.43. The summed E-state index contributed by atoms with van der Waals surface area (Å²) in [6, 6.07) is 17.6. The van der Waals surface area contributed by atoms with E-state index in [0.29, 0.717) is 30.5 Å². The second-order valence-corrected chi connectivity index (χ2v) is 7.82. The van der Waals surface area contributed by atoms with Gasteiger partial charge in [-0.05, 0) is 36.5 Å². The highest BCUT2D eigenvalue weighted by Gasteiger charge is 2.36. The van der Waals surface area contributed by atoms with Gasteiger partial charge in [-0.15, -0.1) is 0 Å². The van der Waals surface area contributed by atoms with Gasteiger partial charge in [0.2, 0.25) is 0 Å². The molecule has 3 heteroatoms. The Labute approximate surface area is 155 Å². The molecule has 134 valence electrons. The van der Waals surface area contributed by atoms with Crippen LogP contribution in [0.1, 0.15) is 37.8 Å². The maximum atomic E-state index is 12.8.